The molecule has 0 bridgehead atoms. The summed E-state index contributed by atoms with van der Waals surface area (Å²) < 4.78 is 5.65. The van der Waals surface area contributed by atoms with Crippen molar-refractivity contribution < 1.29 is 14.3 Å². The van der Waals surface area contributed by atoms with Crippen LogP contribution in [0.25, 0.3) is 0 Å². The van der Waals surface area contributed by atoms with Gasteiger partial charge in [0.1, 0.15) is 11.6 Å². The van der Waals surface area contributed by atoms with Gasteiger partial charge in [-0.15, -0.1) is 11.6 Å². The Hall–Kier alpha value is -1.79. The van der Waals surface area contributed by atoms with Gasteiger partial charge in [0.2, 0.25) is 5.91 Å². The van der Waals surface area contributed by atoms with Gasteiger partial charge in [-0.1, -0.05) is 0 Å². The maximum absolute atomic E-state index is 12.4. The SMILES string of the molecule is CC1Oc2ccc(NC(=O)CCl)cc2N(CCCN(C)C)C1=O. The van der Waals surface area contributed by atoms with E-state index in [1.54, 1.807) is 30.0 Å². The minimum absolute atomic E-state index is 0.0722. The summed E-state index contributed by atoms with van der Waals surface area (Å²) in [6.45, 7) is 3.23. The molecule has 0 saturated heterocycles. The summed E-state index contributed by atoms with van der Waals surface area (Å²) in [6.07, 6.45) is 0.341. The maximum atomic E-state index is 12.4. The Balaban J connectivity index is 2.23. The molecule has 0 saturated carbocycles. The molecular formula is C16H22ClN3O3. The number of amides is 2. The molecule has 0 radical (unpaired) electrons. The first-order valence-electron chi connectivity index (χ1n) is 7.55. The summed E-state index contributed by atoms with van der Waals surface area (Å²) >= 11 is 5.51. The van der Waals surface area contributed by atoms with Gasteiger partial charge in [-0.05, 0) is 52.2 Å². The zero-order valence-electron chi connectivity index (χ0n) is 13.6. The van der Waals surface area contributed by atoms with E-state index in [2.05, 4.69) is 10.2 Å². The zero-order valence-corrected chi connectivity index (χ0v) is 14.4. The predicted octanol–water partition coefficient (Wildman–Crippen LogP) is 1.93. The molecule has 0 aliphatic carbocycles. The monoisotopic (exact) mass is 339 g/mol. The van der Waals surface area contributed by atoms with Gasteiger partial charge < -0.3 is 19.9 Å². The fourth-order valence-electron chi connectivity index (χ4n) is 2.45. The van der Waals surface area contributed by atoms with Gasteiger partial charge in [0.15, 0.2) is 6.10 Å². The number of fused-ring (bicyclic) bond motifs is 1. The van der Waals surface area contributed by atoms with E-state index in [0.717, 1.165) is 13.0 Å². The van der Waals surface area contributed by atoms with E-state index in [0.29, 0.717) is 23.7 Å². The average Bonchev–Trinajstić information content (AvgIpc) is 2.51. The number of anilines is 2. The van der Waals surface area contributed by atoms with Crippen LogP contribution in [0.2, 0.25) is 0 Å². The van der Waals surface area contributed by atoms with Gasteiger partial charge in [-0.25, -0.2) is 0 Å². The molecule has 1 aliphatic rings. The number of nitrogens with zero attached hydrogens (tertiary/aromatic N) is 2. The van der Waals surface area contributed by atoms with Gasteiger partial charge in [-0.3, -0.25) is 9.59 Å². The van der Waals surface area contributed by atoms with Gasteiger partial charge in [0.05, 0.1) is 5.69 Å². The Morgan fingerprint density at radius 1 is 1.43 bits per heavy atom. The van der Waals surface area contributed by atoms with Crippen LogP contribution < -0.4 is 15.0 Å². The van der Waals surface area contributed by atoms with Crippen molar-refractivity contribution in [1.29, 1.82) is 0 Å². The molecule has 0 aromatic heterocycles. The number of ether oxygens (including phenoxy) is 1. The second-order valence-corrected chi connectivity index (χ2v) is 6.04. The zero-order chi connectivity index (χ0) is 17.0. The van der Waals surface area contributed by atoms with Crippen molar-refractivity contribution >= 4 is 34.8 Å². The van der Waals surface area contributed by atoms with Crippen molar-refractivity contribution in [2.45, 2.75) is 19.4 Å². The van der Waals surface area contributed by atoms with Crippen LogP contribution in [0.4, 0.5) is 11.4 Å². The van der Waals surface area contributed by atoms with E-state index < -0.39 is 6.10 Å². The number of rotatable bonds is 6. The molecule has 1 aromatic carbocycles. The van der Waals surface area contributed by atoms with Crippen molar-refractivity contribution in [1.82, 2.24) is 4.90 Å². The molecule has 0 fully saturated rings. The first-order chi connectivity index (χ1) is 10.9. The Kier molecular flexibility index (Phi) is 5.85. The minimum Gasteiger partial charge on any atom is -0.479 e. The highest BCUT2D eigenvalue weighted by Crippen LogP contribution is 2.36. The van der Waals surface area contributed by atoms with Crippen LogP contribution in [0.15, 0.2) is 18.2 Å². The van der Waals surface area contributed by atoms with E-state index in [-0.39, 0.29) is 17.7 Å². The largest absolute Gasteiger partial charge is 0.479 e. The molecule has 1 unspecified atom stereocenters. The minimum atomic E-state index is -0.509. The number of hydrogen-bond donors (Lipinski definition) is 1. The van der Waals surface area contributed by atoms with Crippen LogP contribution >= 0.6 is 11.6 Å². The smallest absolute Gasteiger partial charge is 0.267 e. The molecule has 1 aliphatic heterocycles. The van der Waals surface area contributed by atoms with Crippen molar-refractivity contribution in [2.24, 2.45) is 0 Å². The summed E-state index contributed by atoms with van der Waals surface area (Å²) in [6, 6.07) is 5.25. The molecule has 1 heterocycles. The molecule has 126 valence electrons. The lowest BCUT2D eigenvalue weighted by Gasteiger charge is -2.33. The van der Waals surface area contributed by atoms with Crippen LogP contribution in [0.3, 0.4) is 0 Å². The van der Waals surface area contributed by atoms with Gasteiger partial charge in [-0.2, -0.15) is 0 Å². The third-order valence-electron chi connectivity index (χ3n) is 3.56. The number of alkyl halides is 1. The van der Waals surface area contributed by atoms with Crippen molar-refractivity contribution in [2.75, 3.05) is 43.3 Å². The number of hydrogen-bond acceptors (Lipinski definition) is 4. The van der Waals surface area contributed by atoms with Crippen LogP contribution in [0, 0.1) is 0 Å². The van der Waals surface area contributed by atoms with Crippen LogP contribution in [0.5, 0.6) is 5.75 Å². The van der Waals surface area contributed by atoms with E-state index in [1.165, 1.54) is 0 Å². The third kappa shape index (κ3) is 4.36. The van der Waals surface area contributed by atoms with Crippen molar-refractivity contribution in [3.05, 3.63) is 18.2 Å². The number of halogens is 1. The number of carbonyl (C=O) groups excluding carboxylic acids is 2. The first kappa shape index (κ1) is 17.6. The number of nitrogens with one attached hydrogen (secondary N) is 1. The molecular weight excluding hydrogens is 318 g/mol. The average molecular weight is 340 g/mol. The molecule has 6 nitrogen and oxygen atoms in total. The highest BCUT2D eigenvalue weighted by molar-refractivity contribution is 6.29. The summed E-state index contributed by atoms with van der Waals surface area (Å²) in [5, 5.41) is 2.69. The highest BCUT2D eigenvalue weighted by Gasteiger charge is 2.31. The Morgan fingerprint density at radius 2 is 2.17 bits per heavy atom. The third-order valence-corrected chi connectivity index (χ3v) is 3.80. The van der Waals surface area contributed by atoms with E-state index in [4.69, 9.17) is 16.3 Å². The second kappa shape index (κ2) is 7.66. The fourth-order valence-corrected chi connectivity index (χ4v) is 2.52. The van der Waals surface area contributed by atoms with Crippen LogP contribution in [-0.2, 0) is 9.59 Å². The summed E-state index contributed by atoms with van der Waals surface area (Å²) in [5.74, 6) is 0.168. The Morgan fingerprint density at radius 3 is 2.83 bits per heavy atom. The molecule has 7 heteroatoms. The van der Waals surface area contributed by atoms with Crippen molar-refractivity contribution in [3.8, 4) is 5.75 Å². The summed E-state index contributed by atoms with van der Waals surface area (Å²) in [4.78, 5) is 27.7. The summed E-state index contributed by atoms with van der Waals surface area (Å²) in [5.41, 5.74) is 1.28. The molecule has 0 spiro atoms. The topological polar surface area (TPSA) is 61.9 Å². The molecule has 1 aromatic rings. The van der Waals surface area contributed by atoms with E-state index in [1.807, 2.05) is 14.1 Å². The van der Waals surface area contributed by atoms with Crippen LogP contribution in [-0.4, -0.2) is 55.9 Å². The predicted molar refractivity (Wildman–Crippen MR) is 91.4 cm³/mol. The maximum Gasteiger partial charge on any atom is 0.267 e. The Bertz CT molecular complexity index is 592. The summed E-state index contributed by atoms with van der Waals surface area (Å²) in [7, 11) is 4.00. The number of benzene rings is 1. The first-order valence-corrected chi connectivity index (χ1v) is 8.08. The second-order valence-electron chi connectivity index (χ2n) is 5.77. The lowest BCUT2D eigenvalue weighted by atomic mass is 10.1. The van der Waals surface area contributed by atoms with Gasteiger partial charge in [0.25, 0.3) is 5.91 Å². The lowest BCUT2D eigenvalue weighted by Crippen LogP contribution is -2.45. The standard InChI is InChI=1S/C16H22ClN3O3/c1-11-16(22)20(8-4-7-19(2)3)13-9-12(18-15(21)10-17)5-6-14(13)23-11/h5-6,9,11H,4,7-8,10H2,1-3H3,(H,18,21). The van der Waals surface area contributed by atoms with E-state index >= 15 is 0 Å². The molecule has 23 heavy (non-hydrogen) atoms. The van der Waals surface area contributed by atoms with E-state index in [9.17, 15) is 9.59 Å². The molecule has 2 rings (SSSR count). The fraction of sp³-hybridized carbons (Fsp3) is 0.500. The molecule has 2 amide bonds. The molecule has 1 N–H and O–H groups in total. The molecule has 1 atom stereocenters. The van der Waals surface area contributed by atoms with Crippen molar-refractivity contribution in [3.63, 3.8) is 0 Å². The lowest BCUT2D eigenvalue weighted by molar-refractivity contribution is -0.125. The Labute approximate surface area is 141 Å². The normalized spacial score (nSPS) is 17.0. The quantitative estimate of drug-likeness (QED) is 0.804. The van der Waals surface area contributed by atoms with Crippen LogP contribution in [0.1, 0.15) is 13.3 Å². The number of carbonyl (C=O) groups is 2. The van der Waals surface area contributed by atoms with Gasteiger partial charge in [0, 0.05) is 12.2 Å². The van der Waals surface area contributed by atoms with Gasteiger partial charge >= 0.3 is 0 Å². The highest BCUT2D eigenvalue weighted by atomic mass is 35.5.